The summed E-state index contributed by atoms with van der Waals surface area (Å²) < 4.78 is 36.5. The fourth-order valence-corrected chi connectivity index (χ4v) is 4.95. The summed E-state index contributed by atoms with van der Waals surface area (Å²) in [5.74, 6) is -0.191. The van der Waals surface area contributed by atoms with Crippen LogP contribution in [-0.2, 0) is 30.7 Å². The Bertz CT molecular complexity index is 1050. The molecule has 2 amide bonds. The van der Waals surface area contributed by atoms with Crippen LogP contribution >= 0.6 is 0 Å². The number of hydrogen-bond acceptors (Lipinski definition) is 6. The molecule has 9 nitrogen and oxygen atoms in total. The van der Waals surface area contributed by atoms with Crippen molar-refractivity contribution < 1.29 is 27.5 Å². The normalized spacial score (nSPS) is 14.1. The molecule has 10 heteroatoms. The minimum absolute atomic E-state index is 0.143. The van der Waals surface area contributed by atoms with Gasteiger partial charge in [-0.2, -0.15) is 4.31 Å². The number of hydrogen-bond donors (Lipinski definition) is 2. The number of carbonyl (C=O) groups is 2. The average Bonchev–Trinajstić information content (AvgIpc) is 3.34. The second-order valence-corrected chi connectivity index (χ2v) is 9.58. The number of carbonyl (C=O) groups excluding carboxylic acids is 2. The van der Waals surface area contributed by atoms with Gasteiger partial charge >= 0.3 is 6.09 Å². The maximum absolute atomic E-state index is 12.6. The Kier molecular flexibility index (Phi) is 8.81. The molecule has 1 fully saturated rings. The molecule has 0 bridgehead atoms. The Morgan fingerprint density at radius 2 is 1.64 bits per heavy atom. The van der Waals surface area contributed by atoms with Gasteiger partial charge in [-0.25, -0.2) is 13.2 Å². The van der Waals surface area contributed by atoms with Gasteiger partial charge < -0.3 is 14.8 Å². The molecule has 0 saturated carbocycles. The Balaban J connectivity index is 1.49. The van der Waals surface area contributed by atoms with Crippen LogP contribution in [0.1, 0.15) is 24.8 Å². The predicted octanol–water partition coefficient (Wildman–Crippen LogP) is 3.24. The third-order valence-electron chi connectivity index (χ3n) is 5.18. The van der Waals surface area contributed by atoms with Crippen LogP contribution in [0.15, 0.2) is 53.4 Å². The molecule has 1 saturated heterocycles. The Morgan fingerprint density at radius 3 is 2.30 bits per heavy atom. The Morgan fingerprint density at radius 1 is 0.970 bits per heavy atom. The van der Waals surface area contributed by atoms with Gasteiger partial charge in [0.05, 0.1) is 11.5 Å². The van der Waals surface area contributed by atoms with E-state index in [0.29, 0.717) is 37.5 Å². The highest BCUT2D eigenvalue weighted by atomic mass is 32.2. The first kappa shape index (κ1) is 24.7. The standard InChI is InChI=1S/C23H29N3O6S/c1-31-15-16-32-23(28)25-20-6-4-5-19(17-20)24-22(27)12-9-18-7-10-21(11-8-18)33(29,30)26-13-2-3-14-26/h4-8,10-11,17H,2-3,9,12-16H2,1H3,(H,24,27)(H,25,28). The van der Waals surface area contributed by atoms with E-state index < -0.39 is 16.1 Å². The summed E-state index contributed by atoms with van der Waals surface area (Å²) >= 11 is 0. The lowest BCUT2D eigenvalue weighted by Crippen LogP contribution is -2.27. The summed E-state index contributed by atoms with van der Waals surface area (Å²) in [7, 11) is -1.92. The highest BCUT2D eigenvalue weighted by Gasteiger charge is 2.26. The van der Waals surface area contributed by atoms with Crippen LogP contribution in [-0.4, -0.2) is 58.1 Å². The molecule has 2 N–H and O–H groups in total. The van der Waals surface area contributed by atoms with Gasteiger partial charge in [0.15, 0.2) is 0 Å². The molecular weight excluding hydrogens is 446 g/mol. The fraction of sp³-hybridized carbons (Fsp3) is 0.391. The van der Waals surface area contributed by atoms with Gasteiger partial charge in [0.1, 0.15) is 6.61 Å². The number of anilines is 2. The second kappa shape index (κ2) is 11.8. The van der Waals surface area contributed by atoms with Gasteiger partial charge in [0, 0.05) is 38.0 Å². The maximum Gasteiger partial charge on any atom is 0.411 e. The van der Waals surface area contributed by atoms with E-state index in [4.69, 9.17) is 9.47 Å². The SMILES string of the molecule is COCCOC(=O)Nc1cccc(NC(=O)CCc2ccc(S(=O)(=O)N3CCCC3)cc2)c1. The molecule has 0 unspecified atom stereocenters. The molecule has 1 aliphatic heterocycles. The molecule has 1 aliphatic rings. The van der Waals surface area contributed by atoms with E-state index in [1.54, 1.807) is 48.5 Å². The first-order valence-corrected chi connectivity index (χ1v) is 12.2. The third kappa shape index (κ3) is 7.28. The summed E-state index contributed by atoms with van der Waals surface area (Å²) in [4.78, 5) is 24.4. The second-order valence-electron chi connectivity index (χ2n) is 7.64. The smallest absolute Gasteiger partial charge is 0.411 e. The topological polar surface area (TPSA) is 114 Å². The van der Waals surface area contributed by atoms with E-state index in [9.17, 15) is 18.0 Å². The first-order chi connectivity index (χ1) is 15.9. The zero-order chi connectivity index (χ0) is 23.7. The van der Waals surface area contributed by atoms with Gasteiger partial charge in [-0.3, -0.25) is 10.1 Å². The zero-order valence-corrected chi connectivity index (χ0v) is 19.4. The lowest BCUT2D eigenvalue weighted by molar-refractivity contribution is -0.116. The number of aryl methyl sites for hydroxylation is 1. The molecule has 0 radical (unpaired) electrons. The van der Waals surface area contributed by atoms with Crippen LogP contribution in [0.2, 0.25) is 0 Å². The number of benzene rings is 2. The minimum Gasteiger partial charge on any atom is -0.447 e. The summed E-state index contributed by atoms with van der Waals surface area (Å²) in [5.41, 5.74) is 1.91. The van der Waals surface area contributed by atoms with Crippen molar-refractivity contribution in [2.75, 3.05) is 44.0 Å². The van der Waals surface area contributed by atoms with E-state index in [-0.39, 0.29) is 23.8 Å². The molecule has 0 atom stereocenters. The van der Waals surface area contributed by atoms with Crippen molar-refractivity contribution >= 4 is 33.4 Å². The monoisotopic (exact) mass is 475 g/mol. The lowest BCUT2D eigenvalue weighted by atomic mass is 10.1. The number of ether oxygens (including phenoxy) is 2. The van der Waals surface area contributed by atoms with Gasteiger partial charge in [0.2, 0.25) is 15.9 Å². The van der Waals surface area contributed by atoms with Crippen LogP contribution < -0.4 is 10.6 Å². The van der Waals surface area contributed by atoms with Gasteiger partial charge in [-0.1, -0.05) is 18.2 Å². The minimum atomic E-state index is -3.44. The van der Waals surface area contributed by atoms with E-state index >= 15 is 0 Å². The first-order valence-electron chi connectivity index (χ1n) is 10.8. The Hall–Kier alpha value is -2.95. The Labute approximate surface area is 194 Å². The molecule has 0 aromatic heterocycles. The van der Waals surface area contributed by atoms with Crippen molar-refractivity contribution in [1.82, 2.24) is 4.31 Å². The predicted molar refractivity (Wildman–Crippen MR) is 125 cm³/mol. The highest BCUT2D eigenvalue weighted by Crippen LogP contribution is 2.21. The molecular formula is C23H29N3O6S. The van der Waals surface area contributed by atoms with Gasteiger partial charge in [0.25, 0.3) is 0 Å². The van der Waals surface area contributed by atoms with Crippen LogP contribution in [0.4, 0.5) is 16.2 Å². The largest absolute Gasteiger partial charge is 0.447 e. The van der Waals surface area contributed by atoms with Crippen molar-refractivity contribution in [2.24, 2.45) is 0 Å². The molecule has 0 aliphatic carbocycles. The number of nitrogens with zero attached hydrogens (tertiary/aromatic N) is 1. The average molecular weight is 476 g/mol. The molecule has 2 aromatic carbocycles. The van der Waals surface area contributed by atoms with Crippen molar-refractivity contribution in [3.8, 4) is 0 Å². The number of nitrogens with one attached hydrogen (secondary N) is 2. The maximum atomic E-state index is 12.6. The van der Waals surface area contributed by atoms with Crippen LogP contribution in [0.25, 0.3) is 0 Å². The summed E-state index contributed by atoms with van der Waals surface area (Å²) in [6.07, 6.45) is 1.88. The molecule has 3 rings (SSSR count). The summed E-state index contributed by atoms with van der Waals surface area (Å²) in [6.45, 7) is 1.58. The summed E-state index contributed by atoms with van der Waals surface area (Å²) in [5, 5.41) is 5.39. The summed E-state index contributed by atoms with van der Waals surface area (Å²) in [6, 6.07) is 13.4. The van der Waals surface area contributed by atoms with Crippen LogP contribution in [0, 0.1) is 0 Å². The van der Waals surface area contributed by atoms with Crippen molar-refractivity contribution in [3.05, 3.63) is 54.1 Å². The van der Waals surface area contributed by atoms with Crippen molar-refractivity contribution in [2.45, 2.75) is 30.6 Å². The molecule has 2 aromatic rings. The number of sulfonamides is 1. The quantitative estimate of drug-likeness (QED) is 0.510. The lowest BCUT2D eigenvalue weighted by Gasteiger charge is -2.15. The van der Waals surface area contributed by atoms with Gasteiger partial charge in [-0.05, 0) is 55.2 Å². The molecule has 178 valence electrons. The number of methoxy groups -OCH3 is 1. The van der Waals surface area contributed by atoms with Crippen LogP contribution in [0.3, 0.4) is 0 Å². The van der Waals surface area contributed by atoms with E-state index in [2.05, 4.69) is 10.6 Å². The van der Waals surface area contributed by atoms with Crippen molar-refractivity contribution in [1.29, 1.82) is 0 Å². The number of rotatable bonds is 10. The molecule has 0 spiro atoms. The van der Waals surface area contributed by atoms with Gasteiger partial charge in [-0.15, -0.1) is 0 Å². The zero-order valence-electron chi connectivity index (χ0n) is 18.6. The van der Waals surface area contributed by atoms with Crippen molar-refractivity contribution in [3.63, 3.8) is 0 Å². The highest BCUT2D eigenvalue weighted by molar-refractivity contribution is 7.89. The number of amides is 2. The van der Waals surface area contributed by atoms with E-state index in [1.807, 2.05) is 0 Å². The van der Waals surface area contributed by atoms with E-state index in [1.165, 1.54) is 11.4 Å². The van der Waals surface area contributed by atoms with Crippen LogP contribution in [0.5, 0.6) is 0 Å². The molecule has 33 heavy (non-hydrogen) atoms. The van der Waals surface area contributed by atoms with E-state index in [0.717, 1.165) is 18.4 Å². The fourth-order valence-electron chi connectivity index (χ4n) is 3.43. The third-order valence-corrected chi connectivity index (χ3v) is 7.09. The molecule has 1 heterocycles.